The van der Waals surface area contributed by atoms with Crippen LogP contribution in [0.4, 0.5) is 17.3 Å². The third kappa shape index (κ3) is 5.45. The second-order valence-electron chi connectivity index (χ2n) is 9.25. The largest absolute Gasteiger partial charge is 0.673 e. The lowest BCUT2D eigenvalue weighted by atomic mass is 9.97. The van der Waals surface area contributed by atoms with E-state index in [0.29, 0.717) is 12.2 Å². The minimum atomic E-state index is -6.00. The summed E-state index contributed by atoms with van der Waals surface area (Å²) in [5.41, 5.74) is 5.11. The van der Waals surface area contributed by atoms with Crippen LogP contribution in [0.5, 0.6) is 0 Å². The standard InChI is InChI=1S/C31H25N2O2.BF4/c1-2-3-20-35-31(34)28-26-18-11-17-22(21-12-5-4-6-13-21)29(26)32-33-27-19-10-9-15-24(27)23-14-7-8-16-25(23)30(28)33;2-1(3,4)5/h4-19H,2-3,20H2,1H3;/q+1;-1. The van der Waals surface area contributed by atoms with Crippen LogP contribution in [0.3, 0.4) is 0 Å². The Hall–Kier alpha value is -4.53. The first kappa shape index (κ1) is 27.1. The zero-order valence-electron chi connectivity index (χ0n) is 21.7. The van der Waals surface area contributed by atoms with Crippen molar-refractivity contribution in [2.75, 3.05) is 6.61 Å². The van der Waals surface area contributed by atoms with E-state index in [4.69, 9.17) is 9.84 Å². The summed E-state index contributed by atoms with van der Waals surface area (Å²) in [6.07, 6.45) is 1.80. The molecule has 9 heteroatoms. The number of esters is 1. The van der Waals surface area contributed by atoms with Crippen molar-refractivity contribution in [3.8, 4) is 11.1 Å². The first-order valence-corrected chi connectivity index (χ1v) is 13.0. The summed E-state index contributed by atoms with van der Waals surface area (Å²) in [7, 11) is -6.00. The molecule has 0 aliphatic carbocycles. The van der Waals surface area contributed by atoms with Gasteiger partial charge in [0.2, 0.25) is 5.52 Å². The lowest BCUT2D eigenvalue weighted by Gasteiger charge is -2.12. The number of pyridine rings is 1. The molecule has 4 aromatic carbocycles. The van der Waals surface area contributed by atoms with Gasteiger partial charge in [0.05, 0.1) is 17.4 Å². The van der Waals surface area contributed by atoms with Crippen molar-refractivity contribution in [2.24, 2.45) is 0 Å². The van der Waals surface area contributed by atoms with E-state index in [9.17, 15) is 22.1 Å². The third-order valence-corrected chi connectivity index (χ3v) is 6.58. The number of rotatable bonds is 5. The number of halogens is 4. The topological polar surface area (TPSA) is 43.3 Å². The van der Waals surface area contributed by atoms with Gasteiger partial charge >= 0.3 is 13.2 Å². The smallest absolute Gasteiger partial charge is 0.462 e. The van der Waals surface area contributed by atoms with Gasteiger partial charge in [-0.2, -0.15) is 0 Å². The molecular weight excluding hydrogens is 519 g/mol. The summed E-state index contributed by atoms with van der Waals surface area (Å²) in [5, 5.41) is 9.14. The Morgan fingerprint density at radius 3 is 2.08 bits per heavy atom. The molecule has 6 aromatic rings. The molecule has 4 nitrogen and oxygen atoms in total. The van der Waals surface area contributed by atoms with Gasteiger partial charge in [0.1, 0.15) is 11.1 Å². The van der Waals surface area contributed by atoms with Gasteiger partial charge in [-0.25, -0.2) is 4.79 Å². The molecule has 0 spiro atoms. The molecule has 0 aliphatic heterocycles. The molecule has 0 aliphatic rings. The summed E-state index contributed by atoms with van der Waals surface area (Å²) < 4.78 is 46.7. The van der Waals surface area contributed by atoms with Crippen LogP contribution in [-0.4, -0.2) is 24.9 Å². The number of fused-ring (bicyclic) bond motifs is 7. The number of unbranched alkanes of at least 4 members (excludes halogenated alkanes) is 1. The second kappa shape index (κ2) is 11.3. The summed E-state index contributed by atoms with van der Waals surface area (Å²) in [6, 6.07) is 32.7. The van der Waals surface area contributed by atoms with Gasteiger partial charge in [-0.15, -0.1) is 0 Å². The van der Waals surface area contributed by atoms with E-state index in [1.165, 1.54) is 0 Å². The first-order chi connectivity index (χ1) is 19.3. The van der Waals surface area contributed by atoms with E-state index in [1.807, 2.05) is 59.1 Å². The quantitative estimate of drug-likeness (QED) is 0.0418. The highest BCUT2D eigenvalue weighted by atomic mass is 19.5. The molecule has 0 radical (unpaired) electrons. The Kier molecular flexibility index (Phi) is 7.64. The summed E-state index contributed by atoms with van der Waals surface area (Å²) >= 11 is 0. The minimum absolute atomic E-state index is 0.311. The normalized spacial score (nSPS) is 11.5. The van der Waals surface area contributed by atoms with Gasteiger partial charge in [-0.3, -0.25) is 0 Å². The molecule has 0 fully saturated rings. The number of nitrogens with zero attached hydrogens (tertiary/aromatic N) is 2. The molecule has 0 atom stereocenters. The van der Waals surface area contributed by atoms with Crippen molar-refractivity contribution in [2.45, 2.75) is 19.8 Å². The number of para-hydroxylation sites is 1. The molecule has 0 unspecified atom stereocenters. The second-order valence-corrected chi connectivity index (χ2v) is 9.25. The SMILES string of the molecule is CCCCOC(=O)c1c2cccc(-c3ccccc3)c2n[n+]2c3ccccc3c3ccccc3c12.F[B-](F)(F)F. The van der Waals surface area contributed by atoms with Crippen LogP contribution in [0.15, 0.2) is 97.1 Å². The van der Waals surface area contributed by atoms with Gasteiger partial charge in [0.15, 0.2) is 0 Å². The summed E-state index contributed by atoms with van der Waals surface area (Å²) in [6.45, 7) is 2.49. The van der Waals surface area contributed by atoms with Crippen molar-refractivity contribution in [1.82, 2.24) is 5.10 Å². The van der Waals surface area contributed by atoms with E-state index in [0.717, 1.165) is 62.1 Å². The van der Waals surface area contributed by atoms with Gasteiger partial charge in [0, 0.05) is 27.5 Å². The molecule has 0 saturated carbocycles. The lowest BCUT2D eigenvalue weighted by Crippen LogP contribution is -2.31. The number of benzene rings is 4. The highest BCUT2D eigenvalue weighted by Gasteiger charge is 2.29. The molecule has 6 rings (SSSR count). The summed E-state index contributed by atoms with van der Waals surface area (Å²) in [4.78, 5) is 13.7. The Labute approximate surface area is 227 Å². The average Bonchev–Trinajstić information content (AvgIpc) is 2.95. The molecule has 2 heterocycles. The Bertz CT molecular complexity index is 1840. The minimum Gasteiger partial charge on any atom is -0.462 e. The predicted octanol–water partition coefficient (Wildman–Crippen LogP) is 8.20. The molecule has 40 heavy (non-hydrogen) atoms. The van der Waals surface area contributed by atoms with E-state index >= 15 is 0 Å². The molecule has 0 bridgehead atoms. The Morgan fingerprint density at radius 1 is 0.775 bits per heavy atom. The zero-order chi connectivity index (χ0) is 28.3. The zero-order valence-corrected chi connectivity index (χ0v) is 21.7. The van der Waals surface area contributed by atoms with Crippen LogP contribution in [0, 0.1) is 0 Å². The molecule has 2 aromatic heterocycles. The highest BCUT2D eigenvalue weighted by molar-refractivity contribution is 6.50. The van der Waals surface area contributed by atoms with Crippen molar-refractivity contribution < 1.29 is 31.3 Å². The number of hydrogen-bond donors (Lipinski definition) is 0. The third-order valence-electron chi connectivity index (χ3n) is 6.58. The maximum atomic E-state index is 13.7. The predicted molar refractivity (Wildman–Crippen MR) is 151 cm³/mol. The lowest BCUT2D eigenvalue weighted by molar-refractivity contribution is -0.548. The first-order valence-electron chi connectivity index (χ1n) is 13.0. The number of hydrogen-bond acceptors (Lipinski definition) is 3. The maximum Gasteiger partial charge on any atom is 0.673 e. The molecular formula is C31H25BF4N2O2. The maximum absolute atomic E-state index is 13.7. The molecule has 202 valence electrons. The Morgan fingerprint density at radius 2 is 1.38 bits per heavy atom. The van der Waals surface area contributed by atoms with Gasteiger partial charge in [0.25, 0.3) is 5.52 Å². The average molecular weight is 544 g/mol. The van der Waals surface area contributed by atoms with Crippen LogP contribution >= 0.6 is 0 Å². The number of aromatic nitrogens is 2. The van der Waals surface area contributed by atoms with E-state index in [-0.39, 0.29) is 5.97 Å². The van der Waals surface area contributed by atoms with Crippen LogP contribution in [-0.2, 0) is 4.74 Å². The molecule has 0 saturated heterocycles. The number of carbonyl (C=O) groups excluding carboxylic acids is 1. The molecule has 0 amide bonds. The number of ether oxygens (including phenoxy) is 1. The number of carbonyl (C=O) groups is 1. The van der Waals surface area contributed by atoms with Crippen LogP contribution in [0.25, 0.3) is 49.2 Å². The van der Waals surface area contributed by atoms with E-state index < -0.39 is 7.25 Å². The van der Waals surface area contributed by atoms with Gasteiger partial charge in [-0.05, 0) is 28.6 Å². The van der Waals surface area contributed by atoms with Crippen molar-refractivity contribution >= 4 is 51.3 Å². The van der Waals surface area contributed by atoms with Crippen molar-refractivity contribution in [1.29, 1.82) is 0 Å². The fourth-order valence-electron chi connectivity index (χ4n) is 4.91. The highest BCUT2D eigenvalue weighted by Crippen LogP contribution is 2.34. The Balaban J connectivity index is 0.000000595. The van der Waals surface area contributed by atoms with Crippen molar-refractivity contribution in [3.05, 3.63) is 103 Å². The summed E-state index contributed by atoms with van der Waals surface area (Å²) in [5.74, 6) is -0.311. The van der Waals surface area contributed by atoms with Gasteiger partial charge in [-0.1, -0.05) is 92.2 Å². The van der Waals surface area contributed by atoms with Crippen molar-refractivity contribution in [3.63, 3.8) is 0 Å². The molecule has 0 N–H and O–H groups in total. The van der Waals surface area contributed by atoms with E-state index in [2.05, 4.69) is 49.4 Å². The van der Waals surface area contributed by atoms with Crippen LogP contribution < -0.4 is 4.52 Å². The van der Waals surface area contributed by atoms with Crippen LogP contribution in [0.2, 0.25) is 0 Å². The fraction of sp³-hybridized carbons (Fsp3) is 0.129. The van der Waals surface area contributed by atoms with Crippen LogP contribution in [0.1, 0.15) is 30.1 Å². The fourth-order valence-corrected chi connectivity index (χ4v) is 4.91. The van der Waals surface area contributed by atoms with Gasteiger partial charge < -0.3 is 22.0 Å². The van der Waals surface area contributed by atoms with E-state index in [1.54, 1.807) is 0 Å². The monoisotopic (exact) mass is 544 g/mol.